The van der Waals surface area contributed by atoms with Crippen LogP contribution in [0.1, 0.15) is 62.3 Å². The molecule has 5 heterocycles. The second-order valence-electron chi connectivity index (χ2n) is 15.0. The average molecular weight is 943 g/mol. The summed E-state index contributed by atoms with van der Waals surface area (Å²) in [4.78, 5) is 98.2. The Labute approximate surface area is 370 Å². The van der Waals surface area contributed by atoms with Crippen molar-refractivity contribution in [2.24, 2.45) is 0 Å². The molecule has 26 heteroatoms. The number of halogens is 1. The smallest absolute Gasteiger partial charge is 0.320 e. The van der Waals surface area contributed by atoms with Gasteiger partial charge in [-0.1, -0.05) is 0 Å². The van der Waals surface area contributed by atoms with Crippen LogP contribution in [0.2, 0.25) is 0 Å². The van der Waals surface area contributed by atoms with E-state index in [0.29, 0.717) is 0 Å². The van der Waals surface area contributed by atoms with Crippen LogP contribution in [0, 0.1) is 0 Å². The molecule has 360 valence electrons. The number of hydrogen-bond acceptors (Lipinski definition) is 25. The van der Waals surface area contributed by atoms with Gasteiger partial charge >= 0.3 is 47.8 Å². The van der Waals surface area contributed by atoms with Gasteiger partial charge in [-0.3, -0.25) is 43.1 Å². The largest absolute Gasteiger partial charge is 0.463 e. The Bertz CT molecular complexity index is 1740. The van der Waals surface area contributed by atoms with Gasteiger partial charge in [-0.2, -0.15) is 0 Å². The summed E-state index contributed by atoms with van der Waals surface area (Å²) in [6, 6.07) is 0. The highest BCUT2D eigenvalue weighted by Gasteiger charge is 2.63. The lowest BCUT2D eigenvalue weighted by Crippen LogP contribution is -2.64. The summed E-state index contributed by atoms with van der Waals surface area (Å²) in [5.74, 6) is -9.38. The molecular weight excluding hydrogens is 892 g/mol. The maximum absolute atomic E-state index is 12.8. The molecule has 1 unspecified atom stereocenters. The van der Waals surface area contributed by atoms with Crippen LogP contribution in [0.3, 0.4) is 0 Å². The van der Waals surface area contributed by atoms with Crippen LogP contribution in [-0.2, 0) is 119 Å². The van der Waals surface area contributed by atoms with E-state index in [1.807, 2.05) is 0 Å². The summed E-state index contributed by atoms with van der Waals surface area (Å²) in [6.07, 6.45) is -22.2. The van der Waals surface area contributed by atoms with Crippen molar-refractivity contribution in [2.75, 3.05) is 25.7 Å². The minimum atomic E-state index is -2.17. The first-order chi connectivity index (χ1) is 30.1. The molecule has 5 fully saturated rings. The van der Waals surface area contributed by atoms with Gasteiger partial charge in [0.15, 0.2) is 67.9 Å². The zero-order chi connectivity index (χ0) is 47.2. The SMILES string of the molecule is CC(=O)OC[C@H]1O[C@@H]2O[C@@](C)(O[C@@H]3[C@H]4OC(C)O[C@H]4O[C@H](CO[C@@H]4O[C@H](COC(=O)CCl)[C@@H](OC(C)=O)[C@H](OC(C)=O)[C@H]4OC(C)=O)[C@H]3OC(C)=O)O[C@@H]2[C@@H](OC(C)=O)[C@@H]1OC(C)=O. The number of fused-ring (bicyclic) bond motifs is 2. The molecule has 25 nitrogen and oxygen atoms in total. The van der Waals surface area contributed by atoms with Crippen molar-refractivity contribution in [3.63, 3.8) is 0 Å². The van der Waals surface area contributed by atoms with Crippen LogP contribution < -0.4 is 0 Å². The third kappa shape index (κ3) is 12.9. The molecule has 5 rings (SSSR count). The summed E-state index contributed by atoms with van der Waals surface area (Å²) in [5.41, 5.74) is 0. The number of carbonyl (C=O) groups is 8. The van der Waals surface area contributed by atoms with Gasteiger partial charge in [-0.05, 0) is 6.92 Å². The van der Waals surface area contributed by atoms with E-state index in [4.69, 9.17) is 92.1 Å². The van der Waals surface area contributed by atoms with Crippen molar-refractivity contribution in [3.8, 4) is 0 Å². The second-order valence-corrected chi connectivity index (χ2v) is 15.2. The normalized spacial score (nSPS) is 37.7. The molecule has 0 aromatic rings. The van der Waals surface area contributed by atoms with Crippen molar-refractivity contribution in [1.29, 1.82) is 0 Å². The second kappa shape index (κ2) is 21.8. The molecule has 0 aliphatic carbocycles. The Morgan fingerprint density at radius 1 is 0.484 bits per heavy atom. The summed E-state index contributed by atoms with van der Waals surface area (Å²) >= 11 is 5.61. The number of carbonyl (C=O) groups excluding carboxylic acids is 8. The summed E-state index contributed by atoms with van der Waals surface area (Å²) in [7, 11) is 0. The number of rotatable bonds is 16. The van der Waals surface area contributed by atoms with Gasteiger partial charge in [0, 0.05) is 55.4 Å². The van der Waals surface area contributed by atoms with E-state index in [-0.39, 0.29) is 0 Å². The van der Waals surface area contributed by atoms with Crippen LogP contribution in [0.5, 0.6) is 0 Å². The Balaban J connectivity index is 1.46. The van der Waals surface area contributed by atoms with E-state index in [1.165, 1.54) is 6.92 Å². The molecule has 17 atom stereocenters. The predicted molar refractivity (Wildman–Crippen MR) is 198 cm³/mol. The van der Waals surface area contributed by atoms with Crippen LogP contribution in [0.4, 0.5) is 0 Å². The van der Waals surface area contributed by atoms with E-state index >= 15 is 0 Å². The first-order valence-corrected chi connectivity index (χ1v) is 20.4. The molecule has 0 bridgehead atoms. The molecule has 0 radical (unpaired) electrons. The van der Waals surface area contributed by atoms with Gasteiger partial charge in [0.05, 0.1) is 6.61 Å². The number of ether oxygens (including phenoxy) is 17. The lowest BCUT2D eigenvalue weighted by atomic mass is 9.97. The first kappa shape index (κ1) is 50.7. The van der Waals surface area contributed by atoms with Gasteiger partial charge in [0.1, 0.15) is 49.6 Å². The summed E-state index contributed by atoms with van der Waals surface area (Å²) in [5, 5.41) is 0. The lowest BCUT2D eigenvalue weighted by molar-refractivity contribution is -0.391. The molecule has 0 saturated carbocycles. The van der Waals surface area contributed by atoms with E-state index in [9.17, 15) is 38.4 Å². The van der Waals surface area contributed by atoms with Gasteiger partial charge in [0.2, 0.25) is 0 Å². The molecule has 5 aliphatic rings. The summed E-state index contributed by atoms with van der Waals surface area (Å²) < 4.78 is 98.5. The highest BCUT2D eigenvalue weighted by atomic mass is 35.5. The van der Waals surface area contributed by atoms with E-state index in [0.717, 1.165) is 48.5 Å². The van der Waals surface area contributed by atoms with Gasteiger partial charge < -0.3 is 75.8 Å². The fourth-order valence-corrected chi connectivity index (χ4v) is 7.66. The third-order valence-corrected chi connectivity index (χ3v) is 9.90. The zero-order valence-electron chi connectivity index (χ0n) is 36.2. The van der Waals surface area contributed by atoms with E-state index in [1.54, 1.807) is 6.92 Å². The number of alkyl halides is 1. The van der Waals surface area contributed by atoms with Crippen molar-refractivity contribution in [2.45, 2.75) is 167 Å². The molecular formula is C38H51ClO25. The lowest BCUT2D eigenvalue weighted by Gasteiger charge is -2.46. The fraction of sp³-hybridized carbons (Fsp3) is 0.789. The molecule has 0 spiro atoms. The quantitative estimate of drug-likeness (QED) is 0.105. The van der Waals surface area contributed by atoms with Crippen LogP contribution in [0.25, 0.3) is 0 Å². The molecule has 0 amide bonds. The van der Waals surface area contributed by atoms with Crippen molar-refractivity contribution >= 4 is 59.4 Å². The van der Waals surface area contributed by atoms with Crippen molar-refractivity contribution < 1.29 is 119 Å². The topological polar surface area (TPSA) is 293 Å². The Kier molecular flexibility index (Phi) is 17.3. The van der Waals surface area contributed by atoms with Crippen molar-refractivity contribution in [1.82, 2.24) is 0 Å². The minimum absolute atomic E-state index is 0.452. The zero-order valence-corrected chi connectivity index (χ0v) is 36.9. The molecule has 0 aromatic heterocycles. The highest BCUT2D eigenvalue weighted by Crippen LogP contribution is 2.44. The van der Waals surface area contributed by atoms with Gasteiger partial charge in [-0.25, -0.2) is 0 Å². The van der Waals surface area contributed by atoms with Crippen LogP contribution >= 0.6 is 11.6 Å². The predicted octanol–water partition coefficient (Wildman–Crippen LogP) is -0.651. The van der Waals surface area contributed by atoms with Gasteiger partial charge in [0.25, 0.3) is 5.97 Å². The average Bonchev–Trinajstić information content (AvgIpc) is 3.73. The maximum atomic E-state index is 12.8. The van der Waals surface area contributed by atoms with Crippen LogP contribution in [-0.4, -0.2) is 178 Å². The first-order valence-electron chi connectivity index (χ1n) is 19.9. The number of hydrogen-bond donors (Lipinski definition) is 0. The number of esters is 8. The molecule has 64 heavy (non-hydrogen) atoms. The Hall–Kier alpha value is -4.31. The van der Waals surface area contributed by atoms with Crippen LogP contribution in [0.15, 0.2) is 0 Å². The fourth-order valence-electron chi connectivity index (χ4n) is 7.58. The minimum Gasteiger partial charge on any atom is -0.463 e. The monoisotopic (exact) mass is 942 g/mol. The van der Waals surface area contributed by atoms with E-state index in [2.05, 4.69) is 0 Å². The Morgan fingerprint density at radius 3 is 1.52 bits per heavy atom. The molecule has 0 aromatic carbocycles. The molecule has 0 N–H and O–H groups in total. The van der Waals surface area contributed by atoms with E-state index < -0.39 is 178 Å². The molecule has 5 aliphatic heterocycles. The Morgan fingerprint density at radius 2 is 0.953 bits per heavy atom. The van der Waals surface area contributed by atoms with Gasteiger partial charge in [-0.15, -0.1) is 11.6 Å². The molecule has 5 saturated heterocycles. The third-order valence-electron chi connectivity index (χ3n) is 9.68. The summed E-state index contributed by atoms with van der Waals surface area (Å²) in [6.45, 7) is 8.77. The van der Waals surface area contributed by atoms with Crippen molar-refractivity contribution in [3.05, 3.63) is 0 Å². The maximum Gasteiger partial charge on any atom is 0.320 e. The highest BCUT2D eigenvalue weighted by molar-refractivity contribution is 6.26. The standard InChI is InChI=1S/C38H51ClO25/c1-14(40)48-11-22-27(52-16(3)42)30(55-19(6)45)34-37(61-22)64-38(9,63-34)62-31-28(53-17(4)43)24(60-36-33(31)57-21(8)58-36)13-50-35-32(56-20(7)46)29(54-18(5)44)26(51-15(2)41)23(59-35)12-49-25(47)10-39/h21-24,26-37H,10-13H2,1-9H3/t21?,22-,23-,24-,26-,27-,28-,29+,30+,31+,32-,33-,34-,35-,36+,37-,38+/m1/s1.